The highest BCUT2D eigenvalue weighted by atomic mass is 16.5. The summed E-state index contributed by atoms with van der Waals surface area (Å²) in [7, 11) is 0. The molecule has 3 unspecified atom stereocenters. The van der Waals surface area contributed by atoms with Crippen LogP contribution >= 0.6 is 0 Å². The minimum absolute atomic E-state index is 0.166. The van der Waals surface area contributed by atoms with Crippen LogP contribution in [0.1, 0.15) is 52.8 Å². The fourth-order valence-corrected chi connectivity index (χ4v) is 3.63. The molecule has 6 heteroatoms. The van der Waals surface area contributed by atoms with Crippen molar-refractivity contribution in [3.05, 3.63) is 22.8 Å². The molecule has 4 heterocycles. The number of nitrogens with zero attached hydrogens (tertiary/aromatic N) is 2. The van der Waals surface area contributed by atoms with Crippen molar-refractivity contribution in [3.63, 3.8) is 0 Å². The molecule has 3 aliphatic heterocycles. The van der Waals surface area contributed by atoms with Gasteiger partial charge in [-0.15, -0.1) is 0 Å². The maximum Gasteiger partial charge on any atom is 0.354 e. The highest BCUT2D eigenvalue weighted by Gasteiger charge is 2.43. The third-order valence-corrected chi connectivity index (χ3v) is 4.59. The van der Waals surface area contributed by atoms with Crippen LogP contribution in [-0.2, 0) is 17.7 Å². The predicted molar refractivity (Wildman–Crippen MR) is 69.7 cm³/mol. The van der Waals surface area contributed by atoms with Crippen molar-refractivity contribution >= 4 is 5.97 Å². The maximum atomic E-state index is 11.5. The van der Waals surface area contributed by atoms with E-state index in [1.54, 1.807) is 0 Å². The molecule has 0 spiro atoms. The number of fused-ring (bicyclic) bond motifs is 3. The first-order chi connectivity index (χ1) is 9.72. The second kappa shape index (κ2) is 4.49. The lowest BCUT2D eigenvalue weighted by Gasteiger charge is -2.22. The number of aromatic carboxylic acids is 1. The normalized spacial score (nSPS) is 31.3. The van der Waals surface area contributed by atoms with Crippen LogP contribution in [0.3, 0.4) is 0 Å². The minimum atomic E-state index is -0.948. The zero-order valence-electron chi connectivity index (χ0n) is 11.1. The van der Waals surface area contributed by atoms with Gasteiger partial charge in [0, 0.05) is 18.0 Å². The van der Waals surface area contributed by atoms with Gasteiger partial charge < -0.3 is 15.2 Å². The van der Waals surface area contributed by atoms with Crippen molar-refractivity contribution in [3.8, 4) is 0 Å². The zero-order valence-corrected chi connectivity index (χ0v) is 11.1. The number of hydrogen-bond acceptors (Lipinski definition) is 5. The second-order valence-electron chi connectivity index (χ2n) is 5.80. The van der Waals surface area contributed by atoms with Gasteiger partial charge in [0.15, 0.2) is 5.69 Å². The van der Waals surface area contributed by atoms with Gasteiger partial charge >= 0.3 is 5.97 Å². The molecule has 106 valence electrons. The minimum Gasteiger partial charge on any atom is -0.477 e. The van der Waals surface area contributed by atoms with E-state index >= 15 is 0 Å². The van der Waals surface area contributed by atoms with Crippen molar-refractivity contribution in [2.45, 2.75) is 50.4 Å². The Bertz CT molecular complexity index is 575. The molecule has 2 fully saturated rings. The van der Waals surface area contributed by atoms with Gasteiger partial charge in [0.05, 0.1) is 17.9 Å². The van der Waals surface area contributed by atoms with Gasteiger partial charge in [0.1, 0.15) is 5.82 Å². The largest absolute Gasteiger partial charge is 0.477 e. The number of rotatable bonds is 2. The summed E-state index contributed by atoms with van der Waals surface area (Å²) in [5.41, 5.74) is 1.83. The number of nitrogens with one attached hydrogen (secondary N) is 1. The summed E-state index contributed by atoms with van der Waals surface area (Å²) >= 11 is 0. The summed E-state index contributed by atoms with van der Waals surface area (Å²) in [4.78, 5) is 20.5. The highest BCUT2D eigenvalue weighted by molar-refractivity contribution is 5.87. The third-order valence-electron chi connectivity index (χ3n) is 4.59. The molecule has 0 radical (unpaired) electrons. The molecule has 0 aliphatic carbocycles. The van der Waals surface area contributed by atoms with Gasteiger partial charge in [-0.2, -0.15) is 0 Å². The molecule has 1 aromatic rings. The quantitative estimate of drug-likeness (QED) is 0.832. The molecule has 2 N–H and O–H groups in total. The van der Waals surface area contributed by atoms with E-state index < -0.39 is 5.97 Å². The Morgan fingerprint density at radius 3 is 2.95 bits per heavy atom. The Kier molecular flexibility index (Phi) is 2.75. The molecule has 20 heavy (non-hydrogen) atoms. The van der Waals surface area contributed by atoms with Gasteiger partial charge in [-0.1, -0.05) is 0 Å². The van der Waals surface area contributed by atoms with Gasteiger partial charge in [0.2, 0.25) is 0 Å². The Balaban J connectivity index is 1.77. The van der Waals surface area contributed by atoms with Crippen LogP contribution < -0.4 is 5.32 Å². The van der Waals surface area contributed by atoms with E-state index in [2.05, 4.69) is 15.3 Å². The summed E-state index contributed by atoms with van der Waals surface area (Å²) < 4.78 is 5.84. The molecule has 0 saturated carbocycles. The molecule has 3 atom stereocenters. The Morgan fingerprint density at radius 2 is 2.25 bits per heavy atom. The molecule has 6 nitrogen and oxygen atoms in total. The molecule has 2 bridgehead atoms. The van der Waals surface area contributed by atoms with Crippen LogP contribution in [-0.4, -0.2) is 39.8 Å². The lowest BCUT2D eigenvalue weighted by molar-refractivity contribution is 0.0687. The van der Waals surface area contributed by atoms with Crippen LogP contribution in [0.4, 0.5) is 0 Å². The van der Waals surface area contributed by atoms with Crippen molar-refractivity contribution in [1.82, 2.24) is 15.3 Å². The van der Waals surface area contributed by atoms with Crippen LogP contribution in [0, 0.1) is 0 Å². The number of carbonyl (C=O) groups is 1. The van der Waals surface area contributed by atoms with E-state index in [1.165, 1.54) is 0 Å². The fraction of sp³-hybridized carbons (Fsp3) is 0.643. The van der Waals surface area contributed by atoms with Crippen LogP contribution in [0.2, 0.25) is 0 Å². The first-order valence-electron chi connectivity index (χ1n) is 7.21. The van der Waals surface area contributed by atoms with Gasteiger partial charge in [-0.05, 0) is 32.2 Å². The summed E-state index contributed by atoms with van der Waals surface area (Å²) in [5.74, 6) is -0.119. The smallest absolute Gasteiger partial charge is 0.354 e. The van der Waals surface area contributed by atoms with Gasteiger partial charge in [-0.3, -0.25) is 0 Å². The Labute approximate surface area is 116 Å². The molecule has 2 saturated heterocycles. The van der Waals surface area contributed by atoms with E-state index in [0.29, 0.717) is 24.9 Å². The first-order valence-corrected chi connectivity index (χ1v) is 7.21. The maximum absolute atomic E-state index is 11.5. The first kappa shape index (κ1) is 12.2. The Morgan fingerprint density at radius 1 is 1.35 bits per heavy atom. The summed E-state index contributed by atoms with van der Waals surface area (Å²) in [6.45, 7) is 1.42. The summed E-state index contributed by atoms with van der Waals surface area (Å²) in [6, 6.07) is 0. The fourth-order valence-electron chi connectivity index (χ4n) is 3.63. The van der Waals surface area contributed by atoms with Crippen molar-refractivity contribution in [1.29, 1.82) is 0 Å². The average Bonchev–Trinajstić information content (AvgIpc) is 3.08. The Hall–Kier alpha value is -1.53. The van der Waals surface area contributed by atoms with Gasteiger partial charge in [0.25, 0.3) is 0 Å². The third kappa shape index (κ3) is 1.83. The number of aromatic nitrogens is 2. The number of hydrogen-bond donors (Lipinski definition) is 2. The molecule has 3 aliphatic rings. The average molecular weight is 275 g/mol. The van der Waals surface area contributed by atoms with Crippen molar-refractivity contribution in [2.75, 3.05) is 6.54 Å². The van der Waals surface area contributed by atoms with E-state index in [9.17, 15) is 9.90 Å². The highest BCUT2D eigenvalue weighted by Crippen LogP contribution is 2.43. The van der Waals surface area contributed by atoms with Crippen molar-refractivity contribution in [2.24, 2.45) is 0 Å². The van der Waals surface area contributed by atoms with Crippen molar-refractivity contribution < 1.29 is 14.6 Å². The SMILES string of the molecule is O=C(O)c1nc(C2CC3CCC2O3)nc2c1CCNC2. The molecular weight excluding hydrogens is 258 g/mol. The van der Waals surface area contributed by atoms with Crippen LogP contribution in [0.5, 0.6) is 0 Å². The topological polar surface area (TPSA) is 84.3 Å². The predicted octanol–water partition coefficient (Wildman–Crippen LogP) is 0.855. The second-order valence-corrected chi connectivity index (χ2v) is 5.80. The van der Waals surface area contributed by atoms with E-state index in [4.69, 9.17) is 4.74 Å². The molecule has 0 amide bonds. The number of carboxylic acid groups (broad SMARTS) is 1. The van der Waals surface area contributed by atoms with E-state index in [-0.39, 0.29) is 17.7 Å². The zero-order chi connectivity index (χ0) is 13.7. The molecular formula is C14H17N3O3. The lowest BCUT2D eigenvalue weighted by atomic mass is 9.88. The van der Waals surface area contributed by atoms with E-state index in [0.717, 1.165) is 37.1 Å². The number of carboxylic acids is 1. The summed E-state index contributed by atoms with van der Waals surface area (Å²) in [5, 5.41) is 12.6. The van der Waals surface area contributed by atoms with E-state index in [1.807, 2.05) is 0 Å². The molecule has 0 aromatic carbocycles. The standard InChI is InChI=1S/C14H17N3O3/c18-14(19)12-8-3-4-15-6-10(8)16-13(17-12)9-5-7-1-2-11(9)20-7/h7,9,11,15H,1-6H2,(H,18,19). The van der Waals surface area contributed by atoms with Gasteiger partial charge in [-0.25, -0.2) is 14.8 Å². The van der Waals surface area contributed by atoms with Crippen LogP contribution in [0.25, 0.3) is 0 Å². The summed E-state index contributed by atoms with van der Waals surface area (Å²) in [6.07, 6.45) is 4.25. The lowest BCUT2D eigenvalue weighted by Crippen LogP contribution is -2.29. The van der Waals surface area contributed by atoms with Crippen LogP contribution in [0.15, 0.2) is 0 Å². The number of ether oxygens (including phenoxy) is 1. The monoisotopic (exact) mass is 275 g/mol. The molecule has 1 aromatic heterocycles. The molecule has 4 rings (SSSR count).